The molecule has 1 aliphatic heterocycles. The smallest absolute Gasteiger partial charge is 0.253 e. The Bertz CT molecular complexity index is 1250. The van der Waals surface area contributed by atoms with E-state index in [1.165, 1.54) is 0 Å². The molecule has 3 amide bonds. The molecule has 0 saturated heterocycles. The molecule has 9 heteroatoms. The maximum Gasteiger partial charge on any atom is 0.253 e. The Morgan fingerprint density at radius 3 is 2.55 bits per heavy atom. The quantitative estimate of drug-likeness (QED) is 0.461. The van der Waals surface area contributed by atoms with Gasteiger partial charge >= 0.3 is 0 Å². The number of fused-ring (bicyclic) bond motifs is 1. The average Bonchev–Trinajstić information content (AvgIpc) is 2.79. The van der Waals surface area contributed by atoms with Crippen molar-refractivity contribution in [1.82, 2.24) is 10.8 Å². The molecule has 4 N–H and O–H groups in total. The monoisotopic (exact) mass is 483 g/mol. The molecule has 7 nitrogen and oxygen atoms in total. The molecule has 4 rings (SSSR count). The highest BCUT2D eigenvalue weighted by Crippen LogP contribution is 2.40. The highest BCUT2D eigenvalue weighted by Gasteiger charge is 2.40. The standard InChI is InChI=1S/C24H19Cl2N3O4/c25-15-8-9-18(19(26)11-15)21-20(16-6-1-2-7-17(16)23(31)28-21)24(32)29-33-12-13-4-3-5-14(10-13)22(27)30/h1-11,20-21H,12H2,(H2,27,30)(H,28,31)(H,29,32)/t20-,21+/m1/s1. The first-order valence-corrected chi connectivity index (χ1v) is 10.8. The molecule has 0 aliphatic carbocycles. The molecule has 0 fully saturated rings. The van der Waals surface area contributed by atoms with E-state index in [1.807, 2.05) is 0 Å². The van der Waals surface area contributed by atoms with E-state index >= 15 is 0 Å². The third kappa shape index (κ3) is 4.85. The van der Waals surface area contributed by atoms with Gasteiger partial charge in [0.2, 0.25) is 5.91 Å². The molecule has 0 spiro atoms. The van der Waals surface area contributed by atoms with E-state index in [4.69, 9.17) is 33.8 Å². The van der Waals surface area contributed by atoms with Crippen molar-refractivity contribution in [3.05, 3.63) is 105 Å². The van der Waals surface area contributed by atoms with Crippen LogP contribution in [0.3, 0.4) is 0 Å². The second-order valence-corrected chi connectivity index (χ2v) is 8.35. The molecule has 0 unspecified atom stereocenters. The SMILES string of the molecule is NC(=O)c1cccc(CONC(=O)[C@@H]2c3ccccc3C(=O)N[C@H]2c2ccc(Cl)cc2Cl)c1. The summed E-state index contributed by atoms with van der Waals surface area (Å²) in [7, 11) is 0. The van der Waals surface area contributed by atoms with Gasteiger partial charge in [0.05, 0.1) is 18.6 Å². The summed E-state index contributed by atoms with van der Waals surface area (Å²) in [5.41, 5.74) is 10.3. The molecular formula is C24H19Cl2N3O4. The molecule has 1 aliphatic rings. The van der Waals surface area contributed by atoms with Crippen LogP contribution in [0.2, 0.25) is 10.0 Å². The van der Waals surface area contributed by atoms with E-state index in [0.717, 1.165) is 0 Å². The zero-order valence-electron chi connectivity index (χ0n) is 17.2. The number of hydrogen-bond acceptors (Lipinski definition) is 4. The molecule has 1 heterocycles. The number of carbonyl (C=O) groups excluding carboxylic acids is 3. The van der Waals surface area contributed by atoms with Crippen LogP contribution in [0.1, 0.15) is 49.4 Å². The first kappa shape index (κ1) is 22.8. The van der Waals surface area contributed by atoms with E-state index in [0.29, 0.717) is 37.9 Å². The van der Waals surface area contributed by atoms with Crippen molar-refractivity contribution >= 4 is 40.9 Å². The largest absolute Gasteiger partial charge is 0.366 e. The van der Waals surface area contributed by atoms with Crippen LogP contribution in [0, 0.1) is 0 Å². The minimum atomic E-state index is -0.811. The third-order valence-corrected chi connectivity index (χ3v) is 5.93. The van der Waals surface area contributed by atoms with Crippen LogP contribution in [-0.2, 0) is 16.2 Å². The minimum Gasteiger partial charge on any atom is -0.366 e. The number of rotatable bonds is 6. The fraction of sp³-hybridized carbons (Fsp3) is 0.125. The molecule has 0 bridgehead atoms. The summed E-state index contributed by atoms with van der Waals surface area (Å²) in [4.78, 5) is 42.8. The van der Waals surface area contributed by atoms with Gasteiger partial charge in [0, 0.05) is 21.2 Å². The van der Waals surface area contributed by atoms with Crippen molar-refractivity contribution in [3.8, 4) is 0 Å². The van der Waals surface area contributed by atoms with Gasteiger partial charge in [-0.05, 0) is 47.0 Å². The molecule has 0 saturated carbocycles. The fourth-order valence-corrected chi connectivity index (χ4v) is 4.35. The predicted molar refractivity (Wildman–Crippen MR) is 124 cm³/mol. The maximum absolute atomic E-state index is 13.3. The van der Waals surface area contributed by atoms with E-state index in [2.05, 4.69) is 10.8 Å². The topological polar surface area (TPSA) is 111 Å². The summed E-state index contributed by atoms with van der Waals surface area (Å²) in [6.07, 6.45) is 0. The van der Waals surface area contributed by atoms with Gasteiger partial charge in [0.1, 0.15) is 0 Å². The number of nitrogens with two attached hydrogens (primary N) is 1. The first-order chi connectivity index (χ1) is 15.8. The summed E-state index contributed by atoms with van der Waals surface area (Å²) in [5, 5.41) is 3.64. The van der Waals surface area contributed by atoms with Gasteiger partial charge in [-0.2, -0.15) is 0 Å². The van der Waals surface area contributed by atoms with Crippen LogP contribution in [-0.4, -0.2) is 17.7 Å². The Morgan fingerprint density at radius 2 is 1.79 bits per heavy atom. The van der Waals surface area contributed by atoms with Crippen molar-refractivity contribution in [2.45, 2.75) is 18.6 Å². The van der Waals surface area contributed by atoms with E-state index in [9.17, 15) is 14.4 Å². The summed E-state index contributed by atoms with van der Waals surface area (Å²) < 4.78 is 0. The third-order valence-electron chi connectivity index (χ3n) is 5.36. The lowest BCUT2D eigenvalue weighted by Gasteiger charge is -2.33. The Labute approximate surface area is 199 Å². The number of benzene rings is 3. The van der Waals surface area contributed by atoms with Crippen LogP contribution in [0.5, 0.6) is 0 Å². The maximum atomic E-state index is 13.3. The molecule has 3 aromatic rings. The van der Waals surface area contributed by atoms with E-state index in [-0.39, 0.29) is 12.5 Å². The Hall–Kier alpha value is -3.39. The van der Waals surface area contributed by atoms with Crippen LogP contribution < -0.4 is 16.5 Å². The van der Waals surface area contributed by atoms with Gasteiger partial charge in [-0.15, -0.1) is 0 Å². The van der Waals surface area contributed by atoms with Crippen LogP contribution in [0.4, 0.5) is 0 Å². The second-order valence-electron chi connectivity index (χ2n) is 7.50. The molecule has 0 aromatic heterocycles. The van der Waals surface area contributed by atoms with Gasteiger partial charge in [0.15, 0.2) is 0 Å². The lowest BCUT2D eigenvalue weighted by molar-refractivity contribution is -0.137. The zero-order valence-corrected chi connectivity index (χ0v) is 18.7. The van der Waals surface area contributed by atoms with Gasteiger partial charge < -0.3 is 11.1 Å². The summed E-state index contributed by atoms with van der Waals surface area (Å²) in [6.45, 7) is 0.0138. The number of carbonyl (C=O) groups is 3. The van der Waals surface area contributed by atoms with Crippen LogP contribution in [0.15, 0.2) is 66.7 Å². The average molecular weight is 484 g/mol. The Balaban J connectivity index is 1.59. The summed E-state index contributed by atoms with van der Waals surface area (Å²) in [6, 6.07) is 17.6. The number of halogens is 2. The summed E-state index contributed by atoms with van der Waals surface area (Å²) in [5.74, 6) is -2.15. The number of hydrogen-bond donors (Lipinski definition) is 3. The van der Waals surface area contributed by atoms with Crippen molar-refractivity contribution in [1.29, 1.82) is 0 Å². The molecular weight excluding hydrogens is 465 g/mol. The van der Waals surface area contributed by atoms with Crippen LogP contribution in [0.25, 0.3) is 0 Å². The predicted octanol–water partition coefficient (Wildman–Crippen LogP) is 3.91. The second kappa shape index (κ2) is 9.62. The Morgan fingerprint density at radius 1 is 1.00 bits per heavy atom. The van der Waals surface area contributed by atoms with Crippen molar-refractivity contribution in [2.24, 2.45) is 5.73 Å². The number of primary amides is 1. The number of hydroxylamine groups is 1. The lowest BCUT2D eigenvalue weighted by Crippen LogP contribution is -2.44. The number of nitrogens with one attached hydrogen (secondary N) is 2. The molecule has 3 aromatic carbocycles. The van der Waals surface area contributed by atoms with Crippen molar-refractivity contribution in [2.75, 3.05) is 0 Å². The van der Waals surface area contributed by atoms with E-state index < -0.39 is 23.8 Å². The van der Waals surface area contributed by atoms with Crippen molar-refractivity contribution < 1.29 is 19.2 Å². The first-order valence-electron chi connectivity index (χ1n) is 10.0. The molecule has 33 heavy (non-hydrogen) atoms. The molecule has 168 valence electrons. The summed E-state index contributed by atoms with van der Waals surface area (Å²) >= 11 is 12.4. The highest BCUT2D eigenvalue weighted by molar-refractivity contribution is 6.35. The normalized spacial score (nSPS) is 17.1. The van der Waals surface area contributed by atoms with Gasteiger partial charge in [0.25, 0.3) is 11.8 Å². The molecule has 2 atom stereocenters. The number of amides is 3. The van der Waals surface area contributed by atoms with Gasteiger partial charge in [-0.3, -0.25) is 19.2 Å². The minimum absolute atomic E-state index is 0.0138. The zero-order chi connectivity index (χ0) is 23.5. The van der Waals surface area contributed by atoms with Crippen LogP contribution >= 0.6 is 23.2 Å². The van der Waals surface area contributed by atoms with E-state index in [1.54, 1.807) is 66.7 Å². The van der Waals surface area contributed by atoms with Gasteiger partial charge in [-0.1, -0.05) is 59.6 Å². The molecule has 0 radical (unpaired) electrons. The van der Waals surface area contributed by atoms with Gasteiger partial charge in [-0.25, -0.2) is 5.48 Å². The van der Waals surface area contributed by atoms with Crippen molar-refractivity contribution in [3.63, 3.8) is 0 Å². The Kier molecular flexibility index (Phi) is 6.65. The fourth-order valence-electron chi connectivity index (χ4n) is 3.83. The lowest BCUT2D eigenvalue weighted by atomic mass is 9.80. The highest BCUT2D eigenvalue weighted by atomic mass is 35.5.